The van der Waals surface area contributed by atoms with Crippen molar-refractivity contribution in [1.29, 1.82) is 0 Å². The Labute approximate surface area is 127 Å². The second-order valence-corrected chi connectivity index (χ2v) is 7.17. The number of rotatable bonds is 3. The zero-order valence-electron chi connectivity index (χ0n) is 11.9. The smallest absolute Gasteiger partial charge is 0.260 e. The van der Waals surface area contributed by atoms with Crippen LogP contribution < -0.4 is 0 Å². The highest BCUT2D eigenvalue weighted by Crippen LogP contribution is 2.36. The third kappa shape index (κ3) is 2.53. The molecule has 8 heteroatoms. The van der Waals surface area contributed by atoms with Crippen molar-refractivity contribution in [3.05, 3.63) is 47.9 Å². The Morgan fingerprint density at radius 3 is 2.77 bits per heavy atom. The lowest BCUT2D eigenvalue weighted by molar-refractivity contribution is 0.188. The van der Waals surface area contributed by atoms with E-state index in [1.54, 1.807) is 6.07 Å². The predicted molar refractivity (Wildman–Crippen MR) is 76.9 cm³/mol. The van der Waals surface area contributed by atoms with Crippen molar-refractivity contribution in [3.8, 4) is 0 Å². The molecule has 1 aromatic heterocycles. The Kier molecular flexibility index (Phi) is 3.75. The van der Waals surface area contributed by atoms with Gasteiger partial charge in [0.1, 0.15) is 5.82 Å². The van der Waals surface area contributed by atoms with Gasteiger partial charge in [0.05, 0.1) is 18.3 Å². The summed E-state index contributed by atoms with van der Waals surface area (Å²) in [6, 6.07) is 6.61. The quantitative estimate of drug-likeness (QED) is 0.915. The SMILES string of the molecule is Cn1nccc1S(=O)(=O)N1C[C@H](O)C[C@@H]1c1cccc(F)c1. The fourth-order valence-electron chi connectivity index (χ4n) is 2.80. The Balaban J connectivity index is 2.03. The average molecular weight is 325 g/mol. The fourth-order valence-corrected chi connectivity index (χ4v) is 4.57. The number of nitrogens with zero attached hydrogens (tertiary/aromatic N) is 3. The summed E-state index contributed by atoms with van der Waals surface area (Å²) in [5.41, 5.74) is 0.530. The largest absolute Gasteiger partial charge is 0.392 e. The first-order chi connectivity index (χ1) is 10.4. The van der Waals surface area contributed by atoms with Crippen molar-refractivity contribution in [2.24, 2.45) is 7.05 Å². The molecule has 0 bridgehead atoms. The third-order valence-electron chi connectivity index (χ3n) is 3.82. The van der Waals surface area contributed by atoms with Crippen LogP contribution >= 0.6 is 0 Å². The van der Waals surface area contributed by atoms with Crippen molar-refractivity contribution in [2.45, 2.75) is 23.6 Å². The average Bonchev–Trinajstić information content (AvgIpc) is 3.05. The number of β-amino-alcohol motifs (C(OH)–C–C–N with tert-alkyl or cyclic N) is 1. The molecule has 1 saturated heterocycles. The summed E-state index contributed by atoms with van der Waals surface area (Å²) >= 11 is 0. The minimum absolute atomic E-state index is 0.0192. The van der Waals surface area contributed by atoms with Gasteiger partial charge in [-0.1, -0.05) is 12.1 Å². The molecule has 1 fully saturated rings. The molecule has 1 aromatic carbocycles. The maximum Gasteiger partial charge on any atom is 0.260 e. The normalized spacial score (nSPS) is 23.0. The summed E-state index contributed by atoms with van der Waals surface area (Å²) in [6.45, 7) is -0.0192. The zero-order valence-corrected chi connectivity index (χ0v) is 12.7. The van der Waals surface area contributed by atoms with E-state index >= 15 is 0 Å². The number of halogens is 1. The standard InChI is InChI=1S/C14H16FN3O3S/c1-17-14(5-6-16-17)22(20,21)18-9-12(19)8-13(18)10-3-2-4-11(15)7-10/h2-7,12-13,19H,8-9H2,1H3/t12-,13-/m1/s1. The molecule has 0 aliphatic carbocycles. The molecule has 1 N–H and O–H groups in total. The van der Waals surface area contributed by atoms with Crippen LogP contribution in [0.2, 0.25) is 0 Å². The number of aliphatic hydroxyl groups is 1. The van der Waals surface area contributed by atoms with E-state index in [0.717, 1.165) is 0 Å². The number of hydrogen-bond acceptors (Lipinski definition) is 4. The van der Waals surface area contributed by atoms with Crippen LogP contribution in [0.4, 0.5) is 4.39 Å². The van der Waals surface area contributed by atoms with Crippen molar-refractivity contribution in [1.82, 2.24) is 14.1 Å². The minimum Gasteiger partial charge on any atom is -0.392 e. The van der Waals surface area contributed by atoms with Gasteiger partial charge in [0.25, 0.3) is 10.0 Å². The van der Waals surface area contributed by atoms with Crippen LogP contribution in [0.15, 0.2) is 41.6 Å². The van der Waals surface area contributed by atoms with E-state index in [4.69, 9.17) is 0 Å². The van der Waals surface area contributed by atoms with Crippen molar-refractivity contribution in [3.63, 3.8) is 0 Å². The second-order valence-electron chi connectivity index (χ2n) is 5.33. The Hall–Kier alpha value is -1.77. The first-order valence-electron chi connectivity index (χ1n) is 6.83. The topological polar surface area (TPSA) is 75.4 Å². The molecule has 2 atom stereocenters. The van der Waals surface area contributed by atoms with Gasteiger partial charge in [-0.3, -0.25) is 4.68 Å². The fraction of sp³-hybridized carbons (Fsp3) is 0.357. The molecule has 1 aliphatic rings. The third-order valence-corrected chi connectivity index (χ3v) is 5.77. The van der Waals surface area contributed by atoms with E-state index in [1.165, 1.54) is 46.5 Å². The molecule has 0 unspecified atom stereocenters. The van der Waals surface area contributed by atoms with Crippen LogP contribution in [0.1, 0.15) is 18.0 Å². The predicted octanol–water partition coefficient (Wildman–Crippen LogP) is 1.06. The van der Waals surface area contributed by atoms with E-state index in [-0.39, 0.29) is 18.0 Å². The lowest BCUT2D eigenvalue weighted by Crippen LogP contribution is -2.33. The monoisotopic (exact) mass is 325 g/mol. The maximum atomic E-state index is 13.4. The molecule has 2 aromatic rings. The molecular weight excluding hydrogens is 309 g/mol. The summed E-state index contributed by atoms with van der Waals surface area (Å²) in [7, 11) is -2.28. The minimum atomic E-state index is -3.82. The molecule has 0 saturated carbocycles. The summed E-state index contributed by atoms with van der Waals surface area (Å²) in [4.78, 5) is 0. The van der Waals surface area contributed by atoms with Gasteiger partial charge in [-0.25, -0.2) is 12.8 Å². The maximum absolute atomic E-state index is 13.4. The van der Waals surface area contributed by atoms with Gasteiger partial charge in [0, 0.05) is 13.6 Å². The highest BCUT2D eigenvalue weighted by molar-refractivity contribution is 7.89. The first kappa shape index (κ1) is 15.1. The van der Waals surface area contributed by atoms with Gasteiger partial charge in [-0.05, 0) is 30.2 Å². The number of aryl methyl sites for hydroxylation is 1. The van der Waals surface area contributed by atoms with E-state index in [2.05, 4.69) is 5.10 Å². The molecule has 118 valence electrons. The molecule has 3 rings (SSSR count). The van der Waals surface area contributed by atoms with Gasteiger partial charge in [0.2, 0.25) is 0 Å². The highest BCUT2D eigenvalue weighted by Gasteiger charge is 2.41. The Morgan fingerprint density at radius 1 is 1.36 bits per heavy atom. The molecule has 6 nitrogen and oxygen atoms in total. The van der Waals surface area contributed by atoms with Crippen LogP contribution in [0.5, 0.6) is 0 Å². The van der Waals surface area contributed by atoms with E-state index in [1.807, 2.05) is 0 Å². The lowest BCUT2D eigenvalue weighted by Gasteiger charge is -2.24. The number of aromatic nitrogens is 2. The molecule has 0 amide bonds. The number of hydrogen-bond donors (Lipinski definition) is 1. The van der Waals surface area contributed by atoms with Crippen molar-refractivity contribution in [2.75, 3.05) is 6.54 Å². The molecule has 1 aliphatic heterocycles. The summed E-state index contributed by atoms with van der Waals surface area (Å²) in [5, 5.41) is 13.8. The van der Waals surface area contributed by atoms with Crippen LogP contribution in [-0.4, -0.2) is 40.3 Å². The molecule has 22 heavy (non-hydrogen) atoms. The molecule has 2 heterocycles. The molecular formula is C14H16FN3O3S. The first-order valence-corrected chi connectivity index (χ1v) is 8.27. The molecule has 0 radical (unpaired) electrons. The second kappa shape index (κ2) is 5.45. The number of aliphatic hydroxyl groups excluding tert-OH is 1. The van der Waals surface area contributed by atoms with Gasteiger partial charge < -0.3 is 5.11 Å². The van der Waals surface area contributed by atoms with Gasteiger partial charge in [0.15, 0.2) is 5.03 Å². The van der Waals surface area contributed by atoms with Crippen LogP contribution in [0, 0.1) is 5.82 Å². The van der Waals surface area contributed by atoms with Crippen molar-refractivity contribution < 1.29 is 17.9 Å². The number of benzene rings is 1. The Bertz CT molecular complexity index is 790. The van der Waals surface area contributed by atoms with E-state index in [0.29, 0.717) is 5.56 Å². The Morgan fingerprint density at radius 2 is 2.14 bits per heavy atom. The summed E-state index contributed by atoms with van der Waals surface area (Å²) in [5.74, 6) is -0.434. The van der Waals surface area contributed by atoms with Gasteiger partial charge in [-0.2, -0.15) is 9.40 Å². The number of sulfonamides is 1. The van der Waals surface area contributed by atoms with E-state index in [9.17, 15) is 17.9 Å². The van der Waals surface area contributed by atoms with Crippen LogP contribution in [0.25, 0.3) is 0 Å². The zero-order chi connectivity index (χ0) is 15.9. The summed E-state index contributed by atoms with van der Waals surface area (Å²) < 4.78 is 41.5. The van der Waals surface area contributed by atoms with Crippen LogP contribution in [-0.2, 0) is 17.1 Å². The van der Waals surface area contributed by atoms with Crippen molar-refractivity contribution >= 4 is 10.0 Å². The van der Waals surface area contributed by atoms with E-state index < -0.39 is 28.0 Å². The summed E-state index contributed by atoms with van der Waals surface area (Å²) in [6.07, 6.45) is 0.855. The van der Waals surface area contributed by atoms with Crippen LogP contribution in [0.3, 0.4) is 0 Å². The van der Waals surface area contributed by atoms with Gasteiger partial charge in [-0.15, -0.1) is 0 Å². The molecule has 0 spiro atoms. The lowest BCUT2D eigenvalue weighted by atomic mass is 10.0. The van der Waals surface area contributed by atoms with Gasteiger partial charge >= 0.3 is 0 Å². The highest BCUT2D eigenvalue weighted by atomic mass is 32.2.